The highest BCUT2D eigenvalue weighted by Crippen LogP contribution is 2.19. The molecular formula is C19H24N2O2S. The Hall–Kier alpha value is -1.85. The number of aryl methyl sites for hydroxylation is 1. The molecule has 0 saturated carbocycles. The summed E-state index contributed by atoms with van der Waals surface area (Å²) in [4.78, 5) is 16.0. The molecule has 24 heavy (non-hydrogen) atoms. The lowest BCUT2D eigenvalue weighted by atomic mass is 10.1. The van der Waals surface area contributed by atoms with Gasteiger partial charge in [0, 0.05) is 17.5 Å². The molecule has 0 radical (unpaired) electrons. The van der Waals surface area contributed by atoms with Gasteiger partial charge in [-0.15, -0.1) is 11.3 Å². The Morgan fingerprint density at radius 3 is 3.00 bits per heavy atom. The van der Waals surface area contributed by atoms with E-state index in [9.17, 15) is 4.79 Å². The van der Waals surface area contributed by atoms with E-state index in [0.29, 0.717) is 6.54 Å². The number of thiophene rings is 1. The van der Waals surface area contributed by atoms with Crippen molar-refractivity contribution in [3.05, 3.63) is 52.2 Å². The van der Waals surface area contributed by atoms with Gasteiger partial charge in [-0.05, 0) is 55.5 Å². The molecular weight excluding hydrogens is 320 g/mol. The average molecular weight is 344 g/mol. The van der Waals surface area contributed by atoms with Crippen molar-refractivity contribution >= 4 is 17.2 Å². The Labute approximate surface area is 147 Å². The van der Waals surface area contributed by atoms with Crippen molar-refractivity contribution in [3.8, 4) is 5.75 Å². The number of piperidine rings is 1. The first-order valence-electron chi connectivity index (χ1n) is 8.44. The van der Waals surface area contributed by atoms with Gasteiger partial charge in [0.05, 0.1) is 6.54 Å². The molecule has 3 rings (SSSR count). The van der Waals surface area contributed by atoms with Crippen molar-refractivity contribution < 1.29 is 9.53 Å². The molecule has 1 unspecified atom stereocenters. The van der Waals surface area contributed by atoms with E-state index in [4.69, 9.17) is 4.74 Å². The van der Waals surface area contributed by atoms with Crippen LogP contribution in [0.5, 0.6) is 5.75 Å². The highest BCUT2D eigenvalue weighted by atomic mass is 32.1. The molecule has 1 N–H and O–H groups in total. The van der Waals surface area contributed by atoms with Gasteiger partial charge in [0.25, 0.3) is 5.91 Å². The molecule has 5 heteroatoms. The molecule has 1 aromatic carbocycles. The molecule has 4 nitrogen and oxygen atoms in total. The van der Waals surface area contributed by atoms with E-state index in [1.807, 2.05) is 42.2 Å². The fourth-order valence-electron chi connectivity index (χ4n) is 3.02. The molecule has 1 amide bonds. The smallest absolute Gasteiger partial charge is 0.261 e. The van der Waals surface area contributed by atoms with Crippen LogP contribution in [0.4, 0.5) is 0 Å². The maximum absolute atomic E-state index is 12.8. The number of hydrogen-bond acceptors (Lipinski definition) is 4. The predicted octanol–water partition coefficient (Wildman–Crippen LogP) is 3.22. The van der Waals surface area contributed by atoms with Gasteiger partial charge in [-0.1, -0.05) is 18.2 Å². The maximum Gasteiger partial charge on any atom is 0.261 e. The van der Waals surface area contributed by atoms with Gasteiger partial charge in [-0.25, -0.2) is 0 Å². The van der Waals surface area contributed by atoms with E-state index in [2.05, 4.69) is 16.8 Å². The van der Waals surface area contributed by atoms with Crippen molar-refractivity contribution in [1.82, 2.24) is 10.2 Å². The zero-order valence-electron chi connectivity index (χ0n) is 14.0. The van der Waals surface area contributed by atoms with Crippen molar-refractivity contribution in [1.29, 1.82) is 0 Å². The van der Waals surface area contributed by atoms with Gasteiger partial charge in [0.1, 0.15) is 5.75 Å². The Bertz CT molecular complexity index is 651. The van der Waals surface area contributed by atoms with Gasteiger partial charge in [0.2, 0.25) is 0 Å². The van der Waals surface area contributed by atoms with Crippen LogP contribution in [0, 0.1) is 6.92 Å². The molecule has 0 spiro atoms. The largest absolute Gasteiger partial charge is 0.484 e. The minimum atomic E-state index is 0.0543. The van der Waals surface area contributed by atoms with E-state index in [-0.39, 0.29) is 18.6 Å². The molecule has 1 aliphatic rings. The van der Waals surface area contributed by atoms with Crippen molar-refractivity contribution in [2.24, 2.45) is 0 Å². The highest BCUT2D eigenvalue weighted by molar-refractivity contribution is 7.09. The molecule has 0 bridgehead atoms. The first kappa shape index (κ1) is 17.0. The number of carbonyl (C=O) groups is 1. The third kappa shape index (κ3) is 4.58. The quantitative estimate of drug-likeness (QED) is 0.875. The maximum atomic E-state index is 12.8. The van der Waals surface area contributed by atoms with E-state index in [1.54, 1.807) is 11.3 Å². The number of hydrogen-bond donors (Lipinski definition) is 1. The van der Waals surface area contributed by atoms with Crippen LogP contribution < -0.4 is 10.1 Å². The van der Waals surface area contributed by atoms with Crippen LogP contribution in [0.1, 0.15) is 23.3 Å². The van der Waals surface area contributed by atoms with Gasteiger partial charge < -0.3 is 15.0 Å². The predicted molar refractivity (Wildman–Crippen MR) is 97.4 cm³/mol. The molecule has 1 saturated heterocycles. The topological polar surface area (TPSA) is 41.6 Å². The monoisotopic (exact) mass is 344 g/mol. The summed E-state index contributed by atoms with van der Waals surface area (Å²) in [5, 5.41) is 5.46. The normalized spacial score (nSPS) is 17.5. The number of rotatable bonds is 6. The average Bonchev–Trinajstić information content (AvgIpc) is 3.12. The summed E-state index contributed by atoms with van der Waals surface area (Å²) >= 11 is 1.69. The highest BCUT2D eigenvalue weighted by Gasteiger charge is 2.26. The van der Waals surface area contributed by atoms with E-state index >= 15 is 0 Å². The van der Waals surface area contributed by atoms with Crippen LogP contribution in [-0.2, 0) is 11.3 Å². The van der Waals surface area contributed by atoms with Gasteiger partial charge >= 0.3 is 0 Å². The number of nitrogens with one attached hydrogen (secondary N) is 1. The zero-order chi connectivity index (χ0) is 16.8. The molecule has 1 aromatic heterocycles. The lowest BCUT2D eigenvalue weighted by molar-refractivity contribution is -0.136. The molecule has 1 aliphatic heterocycles. The number of ether oxygens (including phenoxy) is 1. The number of carbonyl (C=O) groups excluding carboxylic acids is 1. The Morgan fingerprint density at radius 2 is 2.29 bits per heavy atom. The summed E-state index contributed by atoms with van der Waals surface area (Å²) in [7, 11) is 0. The van der Waals surface area contributed by atoms with E-state index < -0.39 is 0 Å². The van der Waals surface area contributed by atoms with Gasteiger partial charge in [-0.2, -0.15) is 0 Å². The second-order valence-corrected chi connectivity index (χ2v) is 7.24. The molecule has 2 aromatic rings. The number of nitrogens with zero attached hydrogens (tertiary/aromatic N) is 1. The third-order valence-corrected chi connectivity index (χ3v) is 5.15. The first-order chi connectivity index (χ1) is 11.7. The van der Waals surface area contributed by atoms with Crippen LogP contribution in [0.15, 0.2) is 41.8 Å². The first-order valence-corrected chi connectivity index (χ1v) is 9.32. The third-order valence-electron chi connectivity index (χ3n) is 4.29. The standard InChI is InChI=1S/C19H24N2O2S/c1-15-5-2-7-17(11-15)23-14-19(22)21(13-18-8-4-10-24-18)16-6-3-9-20-12-16/h2,4-5,7-8,10-11,16,20H,3,6,9,12-14H2,1H3. The van der Waals surface area contributed by atoms with Crippen molar-refractivity contribution in [3.63, 3.8) is 0 Å². The summed E-state index contributed by atoms with van der Waals surface area (Å²) in [6, 6.07) is 12.2. The molecule has 1 atom stereocenters. The molecule has 128 valence electrons. The van der Waals surface area contributed by atoms with Crippen molar-refractivity contribution in [2.45, 2.75) is 32.4 Å². The summed E-state index contributed by atoms with van der Waals surface area (Å²) in [5.41, 5.74) is 1.13. The SMILES string of the molecule is Cc1cccc(OCC(=O)N(Cc2cccs2)C2CCCNC2)c1. The lowest BCUT2D eigenvalue weighted by Crippen LogP contribution is -2.49. The Kier molecular flexibility index (Phi) is 5.88. The Balaban J connectivity index is 1.65. The van der Waals surface area contributed by atoms with Crippen LogP contribution in [0.2, 0.25) is 0 Å². The van der Waals surface area contributed by atoms with Crippen molar-refractivity contribution in [2.75, 3.05) is 19.7 Å². The fourth-order valence-corrected chi connectivity index (χ4v) is 3.73. The van der Waals surface area contributed by atoms with Crippen LogP contribution in [0.25, 0.3) is 0 Å². The Morgan fingerprint density at radius 1 is 1.38 bits per heavy atom. The number of benzene rings is 1. The minimum Gasteiger partial charge on any atom is -0.484 e. The van der Waals surface area contributed by atoms with Crippen LogP contribution in [0.3, 0.4) is 0 Å². The van der Waals surface area contributed by atoms with Gasteiger partial charge in [-0.3, -0.25) is 4.79 Å². The summed E-state index contributed by atoms with van der Waals surface area (Å²) in [6.45, 7) is 4.68. The molecule has 2 heterocycles. The molecule has 1 fully saturated rings. The zero-order valence-corrected chi connectivity index (χ0v) is 14.8. The summed E-state index contributed by atoms with van der Waals surface area (Å²) in [5.74, 6) is 0.805. The summed E-state index contributed by atoms with van der Waals surface area (Å²) < 4.78 is 5.73. The van der Waals surface area contributed by atoms with Crippen LogP contribution in [-0.4, -0.2) is 36.5 Å². The minimum absolute atomic E-state index is 0.0543. The lowest BCUT2D eigenvalue weighted by Gasteiger charge is -2.34. The van der Waals surface area contributed by atoms with E-state index in [1.165, 1.54) is 4.88 Å². The fraction of sp³-hybridized carbons (Fsp3) is 0.421. The second kappa shape index (κ2) is 8.31. The van der Waals surface area contributed by atoms with Crippen LogP contribution >= 0.6 is 11.3 Å². The number of amides is 1. The summed E-state index contributed by atoms with van der Waals surface area (Å²) in [6.07, 6.45) is 2.16. The van der Waals surface area contributed by atoms with Gasteiger partial charge in [0.15, 0.2) is 6.61 Å². The second-order valence-electron chi connectivity index (χ2n) is 6.21. The van der Waals surface area contributed by atoms with E-state index in [0.717, 1.165) is 37.2 Å². The molecule has 0 aliphatic carbocycles.